The Morgan fingerprint density at radius 3 is 2.52 bits per heavy atom. The number of allylic oxidation sites excluding steroid dienone is 1. The van der Waals surface area contributed by atoms with E-state index >= 15 is 0 Å². The maximum atomic E-state index is 13.9. The molecule has 0 radical (unpaired) electrons. The lowest BCUT2D eigenvalue weighted by molar-refractivity contribution is -0.229. The lowest BCUT2D eigenvalue weighted by Gasteiger charge is -2.37. The Morgan fingerprint density at radius 2 is 1.89 bits per heavy atom. The van der Waals surface area contributed by atoms with Gasteiger partial charge in [-0.25, -0.2) is 4.39 Å². The molecule has 0 aromatic heterocycles. The van der Waals surface area contributed by atoms with Crippen molar-refractivity contribution >= 4 is 0 Å². The summed E-state index contributed by atoms with van der Waals surface area (Å²) in [6.07, 6.45) is 10.7. The van der Waals surface area contributed by atoms with E-state index in [1.54, 1.807) is 6.07 Å². The van der Waals surface area contributed by atoms with E-state index in [1.165, 1.54) is 18.9 Å². The summed E-state index contributed by atoms with van der Waals surface area (Å²) in [6.45, 7) is 5.37. The van der Waals surface area contributed by atoms with Gasteiger partial charge in [-0.15, -0.1) is 6.58 Å². The zero-order valence-corrected chi connectivity index (χ0v) is 16.0. The zero-order chi connectivity index (χ0) is 19.1. The molecule has 2 aliphatic rings. The SMILES string of the molecule is C=CCCCC[C@H]1CO[C@H]([C@H]2CC[C@H](c3ccc(C#N)c(F)c3)CC2)OC1. The molecule has 1 saturated heterocycles. The van der Waals surface area contributed by atoms with E-state index in [0.29, 0.717) is 17.8 Å². The summed E-state index contributed by atoms with van der Waals surface area (Å²) >= 11 is 0. The summed E-state index contributed by atoms with van der Waals surface area (Å²) < 4.78 is 26.0. The number of hydrogen-bond donors (Lipinski definition) is 0. The third-order valence-electron chi connectivity index (χ3n) is 6.00. The molecule has 0 unspecified atom stereocenters. The van der Waals surface area contributed by atoms with E-state index in [2.05, 4.69) is 6.58 Å². The van der Waals surface area contributed by atoms with Gasteiger partial charge in [0, 0.05) is 11.8 Å². The van der Waals surface area contributed by atoms with Crippen LogP contribution in [0.15, 0.2) is 30.9 Å². The van der Waals surface area contributed by atoms with Crippen LogP contribution in [0.1, 0.15) is 68.4 Å². The van der Waals surface area contributed by atoms with Crippen LogP contribution in [0, 0.1) is 29.0 Å². The lowest BCUT2D eigenvalue weighted by atomic mass is 9.78. The zero-order valence-electron chi connectivity index (χ0n) is 16.0. The summed E-state index contributed by atoms with van der Waals surface area (Å²) in [5.74, 6) is 0.912. The van der Waals surface area contributed by atoms with Gasteiger partial charge in [-0.05, 0) is 68.6 Å². The molecule has 3 nitrogen and oxygen atoms in total. The first-order valence-corrected chi connectivity index (χ1v) is 10.2. The number of halogens is 1. The second kappa shape index (κ2) is 10.0. The molecule has 0 bridgehead atoms. The molecule has 1 aliphatic carbocycles. The predicted octanol–water partition coefficient (Wildman–Crippen LogP) is 5.71. The highest BCUT2D eigenvalue weighted by Crippen LogP contribution is 2.39. The van der Waals surface area contributed by atoms with Crippen molar-refractivity contribution in [2.75, 3.05) is 13.2 Å². The van der Waals surface area contributed by atoms with E-state index in [-0.39, 0.29) is 11.9 Å². The topological polar surface area (TPSA) is 42.2 Å². The molecule has 0 amide bonds. The lowest BCUT2D eigenvalue weighted by Crippen LogP contribution is -2.38. The molecule has 4 heteroatoms. The van der Waals surface area contributed by atoms with Crippen molar-refractivity contribution in [3.05, 3.63) is 47.8 Å². The number of benzene rings is 1. The van der Waals surface area contributed by atoms with Gasteiger partial charge in [-0.3, -0.25) is 0 Å². The third-order valence-corrected chi connectivity index (χ3v) is 6.00. The van der Waals surface area contributed by atoms with E-state index in [0.717, 1.165) is 57.3 Å². The smallest absolute Gasteiger partial charge is 0.160 e. The molecular formula is C23H30FNO2. The van der Waals surface area contributed by atoms with Crippen LogP contribution in [0.25, 0.3) is 0 Å². The van der Waals surface area contributed by atoms with Crippen LogP contribution in [-0.4, -0.2) is 19.5 Å². The Bertz CT molecular complexity index is 653. The number of rotatable bonds is 7. The van der Waals surface area contributed by atoms with Gasteiger partial charge >= 0.3 is 0 Å². The molecule has 1 saturated carbocycles. The fourth-order valence-electron chi connectivity index (χ4n) is 4.32. The fourth-order valence-corrected chi connectivity index (χ4v) is 4.32. The Hall–Kier alpha value is -1.70. The first-order chi connectivity index (χ1) is 13.2. The quantitative estimate of drug-likeness (QED) is 0.455. The van der Waals surface area contributed by atoms with Gasteiger partial charge in [0.1, 0.15) is 11.9 Å². The van der Waals surface area contributed by atoms with Crippen molar-refractivity contribution in [3.63, 3.8) is 0 Å². The van der Waals surface area contributed by atoms with Crippen LogP contribution >= 0.6 is 0 Å². The molecule has 0 N–H and O–H groups in total. The molecule has 1 aliphatic heterocycles. The fraction of sp³-hybridized carbons (Fsp3) is 0.609. The Labute approximate surface area is 162 Å². The summed E-state index contributed by atoms with van der Waals surface area (Å²) in [7, 11) is 0. The van der Waals surface area contributed by atoms with E-state index in [9.17, 15) is 4.39 Å². The minimum absolute atomic E-state index is 0.0759. The molecule has 3 rings (SSSR count). The average molecular weight is 371 g/mol. The van der Waals surface area contributed by atoms with Crippen LogP contribution in [0.3, 0.4) is 0 Å². The van der Waals surface area contributed by atoms with Gasteiger partial charge in [0.05, 0.1) is 18.8 Å². The van der Waals surface area contributed by atoms with Crippen LogP contribution in [0.4, 0.5) is 4.39 Å². The monoisotopic (exact) mass is 371 g/mol. The number of nitriles is 1. The summed E-state index contributed by atoms with van der Waals surface area (Å²) in [5.41, 5.74) is 1.13. The van der Waals surface area contributed by atoms with Crippen molar-refractivity contribution in [3.8, 4) is 6.07 Å². The molecule has 1 aromatic carbocycles. The number of unbranched alkanes of at least 4 members (excludes halogenated alkanes) is 2. The third kappa shape index (κ3) is 5.40. The highest BCUT2D eigenvalue weighted by molar-refractivity contribution is 5.34. The highest BCUT2D eigenvalue weighted by Gasteiger charge is 2.32. The van der Waals surface area contributed by atoms with E-state index < -0.39 is 5.82 Å². The molecule has 27 heavy (non-hydrogen) atoms. The summed E-state index contributed by atoms with van der Waals surface area (Å²) in [6, 6.07) is 6.92. The van der Waals surface area contributed by atoms with Crippen molar-refractivity contribution in [1.29, 1.82) is 5.26 Å². The van der Waals surface area contributed by atoms with Gasteiger partial charge in [-0.1, -0.05) is 18.6 Å². The molecule has 2 fully saturated rings. The minimum Gasteiger partial charge on any atom is -0.352 e. The normalized spacial score (nSPS) is 28.4. The van der Waals surface area contributed by atoms with Gasteiger partial charge in [-0.2, -0.15) is 5.26 Å². The average Bonchev–Trinajstić information content (AvgIpc) is 2.72. The first-order valence-electron chi connectivity index (χ1n) is 10.2. The molecular weight excluding hydrogens is 341 g/mol. The molecule has 0 atom stereocenters. The largest absolute Gasteiger partial charge is 0.352 e. The van der Waals surface area contributed by atoms with Crippen molar-refractivity contribution in [1.82, 2.24) is 0 Å². The molecule has 1 aromatic rings. The highest BCUT2D eigenvalue weighted by atomic mass is 19.1. The number of hydrogen-bond acceptors (Lipinski definition) is 3. The number of ether oxygens (including phenoxy) is 2. The van der Waals surface area contributed by atoms with Gasteiger partial charge in [0.15, 0.2) is 6.29 Å². The van der Waals surface area contributed by atoms with Gasteiger partial charge in [0.25, 0.3) is 0 Å². The van der Waals surface area contributed by atoms with Crippen molar-refractivity contribution < 1.29 is 13.9 Å². The summed E-state index contributed by atoms with van der Waals surface area (Å²) in [4.78, 5) is 0. The Morgan fingerprint density at radius 1 is 1.15 bits per heavy atom. The van der Waals surface area contributed by atoms with Crippen molar-refractivity contribution in [2.24, 2.45) is 11.8 Å². The van der Waals surface area contributed by atoms with Crippen molar-refractivity contribution in [2.45, 2.75) is 63.6 Å². The predicted molar refractivity (Wildman–Crippen MR) is 104 cm³/mol. The molecule has 146 valence electrons. The maximum Gasteiger partial charge on any atom is 0.160 e. The minimum atomic E-state index is -0.407. The Balaban J connectivity index is 1.42. The van der Waals surface area contributed by atoms with Crippen LogP contribution < -0.4 is 0 Å². The van der Waals surface area contributed by atoms with E-state index in [1.807, 2.05) is 18.2 Å². The van der Waals surface area contributed by atoms with Crippen LogP contribution in [0.5, 0.6) is 0 Å². The van der Waals surface area contributed by atoms with Gasteiger partial charge in [0.2, 0.25) is 0 Å². The van der Waals surface area contributed by atoms with E-state index in [4.69, 9.17) is 14.7 Å². The van der Waals surface area contributed by atoms with Gasteiger partial charge < -0.3 is 9.47 Å². The first kappa shape index (κ1) is 20.0. The molecule has 0 spiro atoms. The second-order valence-corrected chi connectivity index (χ2v) is 7.94. The number of nitrogens with zero attached hydrogens (tertiary/aromatic N) is 1. The standard InChI is InChI=1S/C23H30FNO2/c1-2-3-4-5-6-17-15-26-23(27-16-17)19-9-7-18(8-10-19)20-11-12-21(14-25)22(24)13-20/h2,11-13,17-19,23H,1,3-10,15-16H2/t17-,18-,19-,23-. The molecule has 1 heterocycles. The Kier molecular flexibility index (Phi) is 7.43. The van der Waals surface area contributed by atoms with Crippen LogP contribution in [-0.2, 0) is 9.47 Å². The maximum absolute atomic E-state index is 13.9. The van der Waals surface area contributed by atoms with Crippen LogP contribution in [0.2, 0.25) is 0 Å². The second-order valence-electron chi connectivity index (χ2n) is 7.94. The summed E-state index contributed by atoms with van der Waals surface area (Å²) in [5, 5.41) is 8.87.